The molecule has 0 atom stereocenters. The Morgan fingerprint density at radius 2 is 1.26 bits per heavy atom. The van der Waals surface area contributed by atoms with Crippen LogP contribution in [0.3, 0.4) is 0 Å². The van der Waals surface area contributed by atoms with Crippen LogP contribution in [-0.2, 0) is 14.3 Å². The van der Waals surface area contributed by atoms with E-state index in [4.69, 9.17) is 4.74 Å². The molecular formula is C26H23FO4. The summed E-state index contributed by atoms with van der Waals surface area (Å²) < 4.78 is 17.9. The van der Waals surface area contributed by atoms with Crippen molar-refractivity contribution in [3.8, 4) is 0 Å². The van der Waals surface area contributed by atoms with Crippen LogP contribution in [0.1, 0.15) is 53.1 Å². The number of hydrogen-bond donors (Lipinski definition) is 0. The van der Waals surface area contributed by atoms with Crippen LogP contribution < -0.4 is 0 Å². The molecule has 0 amide bonds. The Morgan fingerprint density at radius 1 is 0.710 bits per heavy atom. The van der Waals surface area contributed by atoms with Gasteiger partial charge in [0.25, 0.3) is 0 Å². The Kier molecular flexibility index (Phi) is 7.82. The lowest BCUT2D eigenvalue weighted by Crippen LogP contribution is -2.16. The third kappa shape index (κ3) is 6.71. The molecule has 0 aromatic heterocycles. The summed E-state index contributed by atoms with van der Waals surface area (Å²) in [7, 11) is 0. The van der Waals surface area contributed by atoms with Gasteiger partial charge in [-0.1, -0.05) is 60.7 Å². The van der Waals surface area contributed by atoms with Gasteiger partial charge in [0.2, 0.25) is 0 Å². The summed E-state index contributed by atoms with van der Waals surface area (Å²) in [6.07, 6.45) is 0.364. The van der Waals surface area contributed by atoms with Crippen molar-refractivity contribution in [3.63, 3.8) is 0 Å². The van der Waals surface area contributed by atoms with E-state index in [-0.39, 0.29) is 37.4 Å². The molecule has 5 heteroatoms. The molecule has 0 saturated carbocycles. The number of carbonyl (C=O) groups excluding carboxylic acids is 3. The lowest BCUT2D eigenvalue weighted by atomic mass is 9.89. The number of halogens is 1. The first-order valence-electron chi connectivity index (χ1n) is 10.1. The largest absolute Gasteiger partial charge is 0.393 e. The van der Waals surface area contributed by atoms with E-state index >= 15 is 0 Å². The Labute approximate surface area is 180 Å². The van der Waals surface area contributed by atoms with Crippen molar-refractivity contribution >= 4 is 17.7 Å². The van der Waals surface area contributed by atoms with Gasteiger partial charge in [-0.05, 0) is 41.8 Å². The first-order valence-corrected chi connectivity index (χ1v) is 10.1. The van der Waals surface area contributed by atoms with Crippen LogP contribution in [0.15, 0.2) is 84.9 Å². The summed E-state index contributed by atoms with van der Waals surface area (Å²) in [6.45, 7) is 0. The van der Waals surface area contributed by atoms with Crippen LogP contribution in [0.4, 0.5) is 4.39 Å². The van der Waals surface area contributed by atoms with Gasteiger partial charge in [0.15, 0.2) is 5.78 Å². The molecule has 0 N–H and O–H groups in total. The summed E-state index contributed by atoms with van der Waals surface area (Å²) in [5.41, 5.74) is 2.31. The van der Waals surface area contributed by atoms with E-state index in [2.05, 4.69) is 0 Å². The molecule has 0 spiro atoms. The van der Waals surface area contributed by atoms with Crippen LogP contribution >= 0.6 is 0 Å². The Balaban J connectivity index is 1.52. The van der Waals surface area contributed by atoms with E-state index in [1.54, 1.807) is 0 Å². The van der Waals surface area contributed by atoms with E-state index in [1.165, 1.54) is 24.3 Å². The van der Waals surface area contributed by atoms with Crippen molar-refractivity contribution in [2.75, 3.05) is 0 Å². The molecule has 3 rings (SSSR count). The average molecular weight is 418 g/mol. The molecule has 3 aromatic rings. The van der Waals surface area contributed by atoms with Gasteiger partial charge in [-0.15, -0.1) is 0 Å². The number of Topliss-reactive ketones (excluding diaryl/α,β-unsaturated/α-hetero) is 1. The fourth-order valence-electron chi connectivity index (χ4n) is 3.36. The number of carbonyl (C=O) groups is 3. The van der Waals surface area contributed by atoms with Crippen molar-refractivity contribution in [2.45, 2.75) is 31.6 Å². The molecule has 0 aliphatic carbocycles. The maximum absolute atomic E-state index is 12.9. The quantitative estimate of drug-likeness (QED) is 0.263. The first-order chi connectivity index (χ1) is 15.0. The number of ketones is 1. The minimum atomic E-state index is -0.656. The molecule has 0 radical (unpaired) electrons. The highest BCUT2D eigenvalue weighted by molar-refractivity contribution is 5.96. The van der Waals surface area contributed by atoms with E-state index < -0.39 is 17.8 Å². The van der Waals surface area contributed by atoms with Crippen LogP contribution in [-0.4, -0.2) is 17.7 Å². The van der Waals surface area contributed by atoms with Gasteiger partial charge in [0, 0.05) is 24.3 Å². The SMILES string of the molecule is O=C(CCCC(=O)c1ccc(F)cc1)OC(=O)CC(c1ccccc1)c1ccccc1. The zero-order valence-corrected chi connectivity index (χ0v) is 17.0. The summed E-state index contributed by atoms with van der Waals surface area (Å²) >= 11 is 0. The van der Waals surface area contributed by atoms with Gasteiger partial charge in [-0.2, -0.15) is 0 Å². The summed E-state index contributed by atoms with van der Waals surface area (Å²) in [5, 5.41) is 0. The molecule has 0 bridgehead atoms. The van der Waals surface area contributed by atoms with Crippen molar-refractivity contribution < 1.29 is 23.5 Å². The second-order valence-electron chi connectivity index (χ2n) is 7.21. The molecule has 31 heavy (non-hydrogen) atoms. The maximum atomic E-state index is 12.9. The van der Waals surface area contributed by atoms with Crippen LogP contribution in [0.25, 0.3) is 0 Å². The topological polar surface area (TPSA) is 60.4 Å². The van der Waals surface area contributed by atoms with Gasteiger partial charge in [0.1, 0.15) is 5.82 Å². The maximum Gasteiger partial charge on any atom is 0.314 e. The van der Waals surface area contributed by atoms with Gasteiger partial charge >= 0.3 is 11.9 Å². The molecule has 3 aromatic carbocycles. The van der Waals surface area contributed by atoms with Gasteiger partial charge in [-0.25, -0.2) is 4.39 Å². The van der Waals surface area contributed by atoms with Crippen molar-refractivity contribution in [2.24, 2.45) is 0 Å². The molecule has 0 aliphatic rings. The molecule has 4 nitrogen and oxygen atoms in total. The third-order valence-electron chi connectivity index (χ3n) is 4.95. The highest BCUT2D eigenvalue weighted by Gasteiger charge is 2.21. The highest BCUT2D eigenvalue weighted by Crippen LogP contribution is 2.28. The lowest BCUT2D eigenvalue weighted by molar-refractivity contribution is -0.159. The van der Waals surface area contributed by atoms with Crippen molar-refractivity contribution in [1.82, 2.24) is 0 Å². The van der Waals surface area contributed by atoms with E-state index in [0.29, 0.717) is 5.56 Å². The molecule has 0 saturated heterocycles. The second kappa shape index (κ2) is 11.0. The summed E-state index contributed by atoms with van der Waals surface area (Å²) in [4.78, 5) is 36.6. The van der Waals surface area contributed by atoms with Gasteiger partial charge in [0.05, 0.1) is 6.42 Å². The fraction of sp³-hybridized carbons (Fsp3) is 0.192. The highest BCUT2D eigenvalue weighted by atomic mass is 19.1. The molecule has 0 fully saturated rings. The molecule has 158 valence electrons. The normalized spacial score (nSPS) is 10.6. The van der Waals surface area contributed by atoms with E-state index in [9.17, 15) is 18.8 Å². The molecule has 0 unspecified atom stereocenters. The zero-order chi connectivity index (χ0) is 22.1. The zero-order valence-electron chi connectivity index (χ0n) is 17.0. The van der Waals surface area contributed by atoms with E-state index in [0.717, 1.165) is 11.1 Å². The standard InChI is InChI=1S/C26H23FO4/c27-22-16-14-21(15-17-22)24(28)12-7-13-25(29)31-26(30)18-23(19-8-3-1-4-9-19)20-10-5-2-6-11-20/h1-6,8-11,14-17,23H,7,12-13,18H2. The number of rotatable bonds is 9. The second-order valence-corrected chi connectivity index (χ2v) is 7.21. The first kappa shape index (κ1) is 22.1. The molecule has 0 aliphatic heterocycles. The Morgan fingerprint density at radius 3 is 1.81 bits per heavy atom. The predicted octanol–water partition coefficient (Wildman–Crippen LogP) is 5.47. The van der Waals surface area contributed by atoms with Gasteiger partial charge in [-0.3, -0.25) is 14.4 Å². The van der Waals surface area contributed by atoms with Gasteiger partial charge < -0.3 is 4.74 Å². The van der Waals surface area contributed by atoms with Crippen LogP contribution in [0.2, 0.25) is 0 Å². The van der Waals surface area contributed by atoms with Crippen molar-refractivity contribution in [1.29, 1.82) is 0 Å². The number of ether oxygens (including phenoxy) is 1. The Bertz CT molecular complexity index is 975. The fourth-order valence-corrected chi connectivity index (χ4v) is 3.36. The number of benzene rings is 3. The summed E-state index contributed by atoms with van der Waals surface area (Å²) in [6, 6.07) is 24.4. The Hall–Kier alpha value is -3.60. The lowest BCUT2D eigenvalue weighted by Gasteiger charge is -2.17. The monoisotopic (exact) mass is 418 g/mol. The minimum absolute atomic E-state index is 0.0360. The summed E-state index contributed by atoms with van der Waals surface area (Å²) in [5.74, 6) is -2.08. The molecular weight excluding hydrogens is 395 g/mol. The van der Waals surface area contributed by atoms with Crippen LogP contribution in [0, 0.1) is 5.82 Å². The smallest absolute Gasteiger partial charge is 0.314 e. The predicted molar refractivity (Wildman–Crippen MR) is 115 cm³/mol. The number of hydrogen-bond acceptors (Lipinski definition) is 4. The molecule has 0 heterocycles. The average Bonchev–Trinajstić information content (AvgIpc) is 2.79. The van der Waals surface area contributed by atoms with E-state index in [1.807, 2.05) is 60.7 Å². The van der Waals surface area contributed by atoms with Crippen LogP contribution in [0.5, 0.6) is 0 Å². The minimum Gasteiger partial charge on any atom is -0.393 e. The van der Waals surface area contributed by atoms with Crippen molar-refractivity contribution in [3.05, 3.63) is 107 Å². The third-order valence-corrected chi connectivity index (χ3v) is 4.95. The number of esters is 2.